The zero-order chi connectivity index (χ0) is 13.9. The van der Waals surface area contributed by atoms with Crippen LogP contribution in [0.4, 0.5) is 0 Å². The van der Waals surface area contributed by atoms with Crippen LogP contribution in [0.2, 0.25) is 0 Å². The number of nitrogens with zero attached hydrogens (tertiary/aromatic N) is 1. The molecule has 102 valence electrons. The Hall–Kier alpha value is -2.17. The summed E-state index contributed by atoms with van der Waals surface area (Å²) in [6.07, 6.45) is -0.507. The minimum Gasteiger partial charge on any atom is -0.387 e. The van der Waals surface area contributed by atoms with Gasteiger partial charge in [-0.3, -0.25) is 0 Å². The Balaban J connectivity index is 1.99. The molecule has 0 spiro atoms. The molecule has 0 bridgehead atoms. The van der Waals surface area contributed by atoms with Crippen molar-refractivity contribution in [3.8, 4) is 11.4 Å². The lowest BCUT2D eigenvalue weighted by Gasteiger charge is -2.09. The largest absolute Gasteiger partial charge is 0.387 e. The first-order chi connectivity index (χ1) is 9.78. The zero-order valence-corrected chi connectivity index (χ0v) is 11.3. The van der Waals surface area contributed by atoms with E-state index in [1.165, 1.54) is 0 Å². The SMILES string of the molecule is CNCC(O)c1ccc2nc(-c3ccccc3)[nH]c2c1. The van der Waals surface area contributed by atoms with E-state index in [0.29, 0.717) is 6.54 Å². The molecular formula is C16H17N3O. The number of aliphatic hydroxyl groups is 1. The normalized spacial score (nSPS) is 12.7. The van der Waals surface area contributed by atoms with Crippen molar-refractivity contribution in [1.29, 1.82) is 0 Å². The second-order valence-electron chi connectivity index (χ2n) is 4.80. The van der Waals surface area contributed by atoms with Gasteiger partial charge in [0.2, 0.25) is 0 Å². The molecule has 3 N–H and O–H groups in total. The third-order valence-electron chi connectivity index (χ3n) is 3.34. The first-order valence-electron chi connectivity index (χ1n) is 6.65. The molecule has 0 fully saturated rings. The summed E-state index contributed by atoms with van der Waals surface area (Å²) in [6.45, 7) is 0.533. The standard InChI is InChI=1S/C16H17N3O/c1-17-10-15(20)12-7-8-13-14(9-12)19-16(18-13)11-5-3-2-4-6-11/h2-9,15,17,20H,10H2,1H3,(H,18,19). The second kappa shape index (κ2) is 5.45. The lowest BCUT2D eigenvalue weighted by atomic mass is 10.1. The first kappa shape index (κ1) is 12.8. The van der Waals surface area contributed by atoms with Crippen molar-refractivity contribution in [2.24, 2.45) is 0 Å². The molecule has 0 radical (unpaired) electrons. The lowest BCUT2D eigenvalue weighted by molar-refractivity contribution is 0.178. The van der Waals surface area contributed by atoms with Gasteiger partial charge in [0.05, 0.1) is 17.1 Å². The monoisotopic (exact) mass is 267 g/mol. The van der Waals surface area contributed by atoms with Crippen molar-refractivity contribution in [3.63, 3.8) is 0 Å². The highest BCUT2D eigenvalue weighted by atomic mass is 16.3. The van der Waals surface area contributed by atoms with Gasteiger partial charge in [0.1, 0.15) is 5.82 Å². The van der Waals surface area contributed by atoms with Gasteiger partial charge in [0, 0.05) is 12.1 Å². The van der Waals surface area contributed by atoms with Crippen LogP contribution in [0.5, 0.6) is 0 Å². The minimum absolute atomic E-state index is 0.507. The highest BCUT2D eigenvalue weighted by Gasteiger charge is 2.10. The van der Waals surface area contributed by atoms with Gasteiger partial charge in [-0.15, -0.1) is 0 Å². The van der Waals surface area contributed by atoms with Crippen molar-refractivity contribution in [2.75, 3.05) is 13.6 Å². The molecular weight excluding hydrogens is 250 g/mol. The van der Waals surface area contributed by atoms with E-state index in [-0.39, 0.29) is 0 Å². The molecule has 0 saturated heterocycles. The van der Waals surface area contributed by atoms with Crippen molar-refractivity contribution < 1.29 is 5.11 Å². The Morgan fingerprint density at radius 3 is 2.75 bits per heavy atom. The highest BCUT2D eigenvalue weighted by Crippen LogP contribution is 2.23. The van der Waals surface area contributed by atoms with Gasteiger partial charge in [-0.2, -0.15) is 0 Å². The van der Waals surface area contributed by atoms with Crippen LogP contribution in [0.3, 0.4) is 0 Å². The van der Waals surface area contributed by atoms with E-state index >= 15 is 0 Å². The summed E-state index contributed by atoms with van der Waals surface area (Å²) in [6, 6.07) is 15.8. The number of aromatic amines is 1. The molecule has 4 heteroatoms. The van der Waals surface area contributed by atoms with Crippen molar-refractivity contribution in [3.05, 3.63) is 54.1 Å². The molecule has 1 atom stereocenters. The average Bonchev–Trinajstić information content (AvgIpc) is 2.91. The number of rotatable bonds is 4. The highest BCUT2D eigenvalue weighted by molar-refractivity contribution is 5.80. The summed E-state index contributed by atoms with van der Waals surface area (Å²) >= 11 is 0. The van der Waals surface area contributed by atoms with E-state index in [9.17, 15) is 5.11 Å². The Kier molecular flexibility index (Phi) is 3.50. The summed E-state index contributed by atoms with van der Waals surface area (Å²) in [5.74, 6) is 0.848. The maximum absolute atomic E-state index is 10.0. The number of hydrogen-bond donors (Lipinski definition) is 3. The Morgan fingerprint density at radius 1 is 1.20 bits per heavy atom. The molecule has 1 unspecified atom stereocenters. The van der Waals surface area contributed by atoms with Crippen molar-refractivity contribution in [1.82, 2.24) is 15.3 Å². The fraction of sp³-hybridized carbons (Fsp3) is 0.188. The smallest absolute Gasteiger partial charge is 0.138 e. The summed E-state index contributed by atoms with van der Waals surface area (Å²) in [5.41, 5.74) is 3.79. The van der Waals surface area contributed by atoms with Crippen molar-refractivity contribution >= 4 is 11.0 Å². The van der Waals surface area contributed by atoms with E-state index in [4.69, 9.17) is 0 Å². The minimum atomic E-state index is -0.507. The van der Waals surface area contributed by atoms with Crippen LogP contribution in [-0.2, 0) is 0 Å². The number of aromatic nitrogens is 2. The maximum Gasteiger partial charge on any atom is 0.138 e. The van der Waals surface area contributed by atoms with Gasteiger partial charge in [0.15, 0.2) is 0 Å². The number of likely N-dealkylation sites (N-methyl/N-ethyl adjacent to an activating group) is 1. The third-order valence-corrected chi connectivity index (χ3v) is 3.34. The number of imidazole rings is 1. The molecule has 0 aliphatic carbocycles. The fourth-order valence-corrected chi connectivity index (χ4v) is 2.28. The van der Waals surface area contributed by atoms with Gasteiger partial charge in [0.25, 0.3) is 0 Å². The summed E-state index contributed by atoms with van der Waals surface area (Å²) in [5, 5.41) is 13.0. The van der Waals surface area contributed by atoms with Crippen LogP contribution >= 0.6 is 0 Å². The molecule has 1 aromatic heterocycles. The lowest BCUT2D eigenvalue weighted by Crippen LogP contribution is -2.16. The number of benzene rings is 2. The number of H-pyrrole nitrogens is 1. The second-order valence-corrected chi connectivity index (χ2v) is 4.80. The van der Waals surface area contributed by atoms with Crippen molar-refractivity contribution in [2.45, 2.75) is 6.10 Å². The van der Waals surface area contributed by atoms with Gasteiger partial charge in [-0.25, -0.2) is 4.98 Å². The molecule has 0 amide bonds. The zero-order valence-electron chi connectivity index (χ0n) is 11.3. The predicted octanol–water partition coefficient (Wildman–Crippen LogP) is 2.48. The van der Waals surface area contributed by atoms with E-state index in [1.54, 1.807) is 0 Å². The van der Waals surface area contributed by atoms with Crippen LogP contribution in [0.1, 0.15) is 11.7 Å². The topological polar surface area (TPSA) is 60.9 Å². The van der Waals surface area contributed by atoms with Gasteiger partial charge < -0.3 is 15.4 Å². The number of hydrogen-bond acceptors (Lipinski definition) is 3. The summed E-state index contributed by atoms with van der Waals surface area (Å²) in [7, 11) is 1.82. The summed E-state index contributed by atoms with van der Waals surface area (Å²) in [4.78, 5) is 7.88. The average molecular weight is 267 g/mol. The fourth-order valence-electron chi connectivity index (χ4n) is 2.28. The quantitative estimate of drug-likeness (QED) is 0.680. The maximum atomic E-state index is 10.0. The van der Waals surface area contributed by atoms with Crippen LogP contribution in [0.15, 0.2) is 48.5 Å². The molecule has 1 heterocycles. The summed E-state index contributed by atoms with van der Waals surface area (Å²) < 4.78 is 0. The van der Waals surface area contributed by atoms with Crippen LogP contribution in [-0.4, -0.2) is 28.7 Å². The third kappa shape index (κ3) is 2.43. The Bertz CT molecular complexity index is 706. The van der Waals surface area contributed by atoms with Gasteiger partial charge in [-0.1, -0.05) is 36.4 Å². The van der Waals surface area contributed by atoms with E-state index in [2.05, 4.69) is 15.3 Å². The van der Waals surface area contributed by atoms with Crippen LogP contribution in [0, 0.1) is 0 Å². The molecule has 0 aliphatic rings. The van der Waals surface area contributed by atoms with E-state index in [0.717, 1.165) is 28.0 Å². The van der Waals surface area contributed by atoms with E-state index < -0.39 is 6.10 Å². The van der Waals surface area contributed by atoms with Gasteiger partial charge >= 0.3 is 0 Å². The van der Waals surface area contributed by atoms with E-state index in [1.807, 2.05) is 55.6 Å². The Morgan fingerprint density at radius 2 is 2.00 bits per heavy atom. The number of nitrogens with one attached hydrogen (secondary N) is 2. The number of fused-ring (bicyclic) bond motifs is 1. The molecule has 2 aromatic carbocycles. The Labute approximate surface area is 117 Å². The molecule has 4 nitrogen and oxygen atoms in total. The molecule has 3 aromatic rings. The molecule has 20 heavy (non-hydrogen) atoms. The first-order valence-corrected chi connectivity index (χ1v) is 6.65. The van der Waals surface area contributed by atoms with Crippen LogP contribution < -0.4 is 5.32 Å². The predicted molar refractivity (Wildman–Crippen MR) is 80.4 cm³/mol. The molecule has 0 aliphatic heterocycles. The molecule has 0 saturated carbocycles. The number of aliphatic hydroxyl groups excluding tert-OH is 1. The van der Waals surface area contributed by atoms with Gasteiger partial charge in [-0.05, 0) is 24.7 Å². The molecule has 3 rings (SSSR count). The van der Waals surface area contributed by atoms with Crippen LogP contribution in [0.25, 0.3) is 22.4 Å².